The average Bonchev–Trinajstić information content (AvgIpc) is 3.01. The molecule has 0 radical (unpaired) electrons. The zero-order valence-electron chi connectivity index (χ0n) is 8.80. The molecule has 2 nitrogen and oxygen atoms in total. The Morgan fingerprint density at radius 2 is 2.12 bits per heavy atom. The molecular formula is C12H13Br2NO. The predicted octanol–water partition coefficient (Wildman–Crippen LogP) is 3.74. The van der Waals surface area contributed by atoms with Crippen molar-refractivity contribution in [3.8, 4) is 0 Å². The minimum absolute atomic E-state index is 0.0000231. The third kappa shape index (κ3) is 3.32. The Bertz CT molecular complexity index is 402. The van der Waals surface area contributed by atoms with Crippen molar-refractivity contribution >= 4 is 37.8 Å². The second-order valence-electron chi connectivity index (χ2n) is 4.11. The summed E-state index contributed by atoms with van der Waals surface area (Å²) in [5.74, 6) is 0.855. The summed E-state index contributed by atoms with van der Waals surface area (Å²) in [6.45, 7) is 0.784. The summed E-state index contributed by atoms with van der Waals surface area (Å²) < 4.78 is 1.79. The first kappa shape index (κ1) is 12.1. The highest BCUT2D eigenvalue weighted by Crippen LogP contribution is 2.31. The van der Waals surface area contributed by atoms with Crippen LogP contribution in [0.1, 0.15) is 29.6 Å². The first-order valence-corrected chi connectivity index (χ1v) is 6.98. The van der Waals surface area contributed by atoms with Crippen LogP contribution in [-0.2, 0) is 0 Å². The summed E-state index contributed by atoms with van der Waals surface area (Å²) >= 11 is 6.75. The zero-order valence-corrected chi connectivity index (χ0v) is 12.0. The molecule has 1 aromatic rings. The van der Waals surface area contributed by atoms with Gasteiger partial charge >= 0.3 is 0 Å². The third-order valence-electron chi connectivity index (χ3n) is 2.71. The lowest BCUT2D eigenvalue weighted by Crippen LogP contribution is -2.25. The first-order valence-electron chi connectivity index (χ1n) is 5.40. The van der Waals surface area contributed by atoms with E-state index in [9.17, 15) is 4.79 Å². The first-order chi connectivity index (χ1) is 7.66. The zero-order chi connectivity index (χ0) is 11.5. The standard InChI is InChI=1S/C12H13Br2NO/c13-9-3-4-10(11(14)7-9)12(16)15-6-5-8-1-2-8/h3-4,7-8H,1-2,5-6H2,(H,15,16). The van der Waals surface area contributed by atoms with Crippen molar-refractivity contribution in [2.24, 2.45) is 5.92 Å². The van der Waals surface area contributed by atoms with Crippen LogP contribution in [0.15, 0.2) is 27.1 Å². The van der Waals surface area contributed by atoms with Crippen LogP contribution in [0.4, 0.5) is 0 Å². The van der Waals surface area contributed by atoms with Crippen LogP contribution in [-0.4, -0.2) is 12.5 Å². The van der Waals surface area contributed by atoms with Gasteiger partial charge in [-0.3, -0.25) is 4.79 Å². The summed E-state index contributed by atoms with van der Waals surface area (Å²) in [5.41, 5.74) is 0.694. The van der Waals surface area contributed by atoms with Gasteiger partial charge in [-0.2, -0.15) is 0 Å². The molecule has 1 amide bonds. The molecule has 0 atom stereocenters. The Kier molecular flexibility index (Phi) is 4.03. The second-order valence-corrected chi connectivity index (χ2v) is 5.88. The number of benzene rings is 1. The molecule has 0 heterocycles. The highest BCUT2D eigenvalue weighted by atomic mass is 79.9. The average molecular weight is 347 g/mol. The van der Waals surface area contributed by atoms with E-state index in [1.54, 1.807) is 0 Å². The molecule has 0 aliphatic heterocycles. The number of nitrogens with one attached hydrogen (secondary N) is 1. The minimum Gasteiger partial charge on any atom is -0.352 e. The third-order valence-corrected chi connectivity index (χ3v) is 3.86. The quantitative estimate of drug-likeness (QED) is 0.884. The van der Waals surface area contributed by atoms with Crippen molar-refractivity contribution in [3.63, 3.8) is 0 Å². The summed E-state index contributed by atoms with van der Waals surface area (Å²) in [7, 11) is 0. The molecule has 0 aromatic heterocycles. The van der Waals surface area contributed by atoms with Crippen LogP contribution in [0.5, 0.6) is 0 Å². The molecule has 1 N–H and O–H groups in total. The van der Waals surface area contributed by atoms with Gasteiger partial charge in [0, 0.05) is 15.5 Å². The molecule has 1 aromatic carbocycles. The summed E-state index contributed by atoms with van der Waals surface area (Å²) in [4.78, 5) is 11.8. The Morgan fingerprint density at radius 3 is 2.75 bits per heavy atom. The predicted molar refractivity (Wildman–Crippen MR) is 71.5 cm³/mol. The molecule has 1 aliphatic carbocycles. The highest BCUT2D eigenvalue weighted by molar-refractivity contribution is 9.11. The molecule has 1 saturated carbocycles. The van der Waals surface area contributed by atoms with E-state index < -0.39 is 0 Å². The molecule has 1 aliphatic rings. The van der Waals surface area contributed by atoms with E-state index in [0.29, 0.717) is 5.56 Å². The van der Waals surface area contributed by atoms with E-state index >= 15 is 0 Å². The van der Waals surface area contributed by atoms with Crippen LogP contribution in [0.3, 0.4) is 0 Å². The van der Waals surface area contributed by atoms with Crippen LogP contribution in [0, 0.1) is 5.92 Å². The molecule has 0 spiro atoms. The Morgan fingerprint density at radius 1 is 1.38 bits per heavy atom. The maximum atomic E-state index is 11.8. The highest BCUT2D eigenvalue weighted by Gasteiger charge is 2.20. The van der Waals surface area contributed by atoms with E-state index in [1.807, 2.05) is 18.2 Å². The monoisotopic (exact) mass is 345 g/mol. The van der Waals surface area contributed by atoms with Crippen molar-refractivity contribution in [2.45, 2.75) is 19.3 Å². The lowest BCUT2D eigenvalue weighted by Gasteiger charge is -2.06. The molecule has 0 bridgehead atoms. The van der Waals surface area contributed by atoms with Crippen LogP contribution in [0.25, 0.3) is 0 Å². The van der Waals surface area contributed by atoms with E-state index in [1.165, 1.54) is 12.8 Å². The van der Waals surface area contributed by atoms with Crippen molar-refractivity contribution in [3.05, 3.63) is 32.7 Å². The van der Waals surface area contributed by atoms with Crippen molar-refractivity contribution in [2.75, 3.05) is 6.54 Å². The fourth-order valence-corrected chi connectivity index (χ4v) is 2.79. The van der Waals surface area contributed by atoms with Gasteiger partial charge in [0.2, 0.25) is 0 Å². The molecule has 86 valence electrons. The van der Waals surface area contributed by atoms with E-state index in [-0.39, 0.29) is 5.91 Å². The number of carbonyl (C=O) groups is 1. The molecule has 0 saturated heterocycles. The largest absolute Gasteiger partial charge is 0.352 e. The number of rotatable bonds is 4. The van der Waals surface area contributed by atoms with Gasteiger partial charge in [0.25, 0.3) is 5.91 Å². The molecular weight excluding hydrogens is 334 g/mol. The van der Waals surface area contributed by atoms with Gasteiger partial charge in [0.1, 0.15) is 0 Å². The maximum Gasteiger partial charge on any atom is 0.252 e. The molecule has 16 heavy (non-hydrogen) atoms. The van der Waals surface area contributed by atoms with Gasteiger partial charge < -0.3 is 5.32 Å². The summed E-state index contributed by atoms with van der Waals surface area (Å²) in [5, 5.41) is 2.95. The second kappa shape index (κ2) is 5.32. The Balaban J connectivity index is 1.91. The molecule has 4 heteroatoms. The molecule has 2 rings (SSSR count). The van der Waals surface area contributed by atoms with E-state index in [2.05, 4.69) is 37.2 Å². The number of carbonyl (C=O) groups excluding carboxylic acids is 1. The van der Waals surface area contributed by atoms with Crippen LogP contribution in [0.2, 0.25) is 0 Å². The smallest absolute Gasteiger partial charge is 0.252 e. The number of hydrogen-bond acceptors (Lipinski definition) is 1. The fourth-order valence-electron chi connectivity index (χ4n) is 1.57. The maximum absolute atomic E-state index is 11.8. The van der Waals surface area contributed by atoms with Crippen LogP contribution >= 0.6 is 31.9 Å². The number of hydrogen-bond donors (Lipinski definition) is 1. The van der Waals surface area contributed by atoms with E-state index in [0.717, 1.165) is 27.8 Å². The Labute approximate surface area is 112 Å². The normalized spacial score (nSPS) is 14.9. The van der Waals surface area contributed by atoms with Crippen molar-refractivity contribution in [1.82, 2.24) is 5.32 Å². The van der Waals surface area contributed by atoms with Gasteiger partial charge in [-0.25, -0.2) is 0 Å². The summed E-state index contributed by atoms with van der Waals surface area (Å²) in [6.07, 6.45) is 3.77. The van der Waals surface area contributed by atoms with E-state index in [4.69, 9.17) is 0 Å². The van der Waals surface area contributed by atoms with Gasteiger partial charge in [-0.15, -0.1) is 0 Å². The topological polar surface area (TPSA) is 29.1 Å². The van der Waals surface area contributed by atoms with Gasteiger partial charge in [0.15, 0.2) is 0 Å². The van der Waals surface area contributed by atoms with Crippen molar-refractivity contribution < 1.29 is 4.79 Å². The van der Waals surface area contributed by atoms with Crippen LogP contribution < -0.4 is 5.32 Å². The van der Waals surface area contributed by atoms with Gasteiger partial charge in [-0.05, 0) is 46.5 Å². The lowest BCUT2D eigenvalue weighted by atomic mass is 10.2. The van der Waals surface area contributed by atoms with Crippen molar-refractivity contribution in [1.29, 1.82) is 0 Å². The Hall–Kier alpha value is -0.350. The number of halogens is 2. The molecule has 0 unspecified atom stereocenters. The fraction of sp³-hybridized carbons (Fsp3) is 0.417. The SMILES string of the molecule is O=C(NCCC1CC1)c1ccc(Br)cc1Br. The van der Waals surface area contributed by atoms with Gasteiger partial charge in [0.05, 0.1) is 5.56 Å². The van der Waals surface area contributed by atoms with Gasteiger partial charge in [-0.1, -0.05) is 28.8 Å². The molecule has 1 fully saturated rings. The lowest BCUT2D eigenvalue weighted by molar-refractivity contribution is 0.0952. The minimum atomic E-state index is 0.0000231. The number of amides is 1. The summed E-state index contributed by atoms with van der Waals surface area (Å²) in [6, 6.07) is 5.58.